The van der Waals surface area contributed by atoms with Crippen molar-refractivity contribution in [3.8, 4) is 0 Å². The Bertz CT molecular complexity index is 186. The van der Waals surface area contributed by atoms with Crippen molar-refractivity contribution in [1.82, 2.24) is 0 Å². The summed E-state index contributed by atoms with van der Waals surface area (Å²) in [5.74, 6) is -1.32. The molecule has 7 nitrogen and oxygen atoms in total. The Morgan fingerprint density at radius 2 is 2.13 bits per heavy atom. The molecule has 0 spiro atoms. The molecule has 0 saturated carbocycles. The summed E-state index contributed by atoms with van der Waals surface area (Å²) in [6, 6.07) is 0. The maximum absolute atomic E-state index is 10.6. The molecule has 0 amide bonds. The van der Waals surface area contributed by atoms with E-state index in [4.69, 9.17) is 30.5 Å². The van der Waals surface area contributed by atoms with Crippen LogP contribution < -0.4 is 5.73 Å². The Labute approximate surface area is 87.4 Å². The molecule has 0 aliphatic rings. The van der Waals surface area contributed by atoms with Crippen LogP contribution in [0.2, 0.25) is 0 Å². The third kappa shape index (κ3) is 5.65. The first kappa shape index (κ1) is 14.3. The molecule has 0 rings (SSSR count). The first-order valence-electron chi connectivity index (χ1n) is 4.51. The van der Waals surface area contributed by atoms with Gasteiger partial charge in [-0.1, -0.05) is 0 Å². The van der Waals surface area contributed by atoms with Crippen LogP contribution in [0.15, 0.2) is 0 Å². The van der Waals surface area contributed by atoms with Crippen LogP contribution in [0.5, 0.6) is 0 Å². The highest BCUT2D eigenvalue weighted by Gasteiger charge is 2.27. The molecule has 0 aromatic carbocycles. The predicted molar refractivity (Wildman–Crippen MR) is 50.1 cm³/mol. The Kier molecular flexibility index (Phi) is 7.18. The number of carboxylic acid groups (broad SMARTS) is 1. The number of nitrogens with two attached hydrogens (primary N) is 1. The minimum Gasteiger partial charge on any atom is -0.479 e. The first-order valence-corrected chi connectivity index (χ1v) is 4.51. The number of aliphatic hydroxyl groups excluding tert-OH is 2. The van der Waals surface area contributed by atoms with Crippen molar-refractivity contribution in [3.63, 3.8) is 0 Å². The van der Waals surface area contributed by atoms with E-state index in [-0.39, 0.29) is 13.2 Å². The predicted octanol–water partition coefficient (Wildman–Crippen LogP) is -1.87. The van der Waals surface area contributed by atoms with Crippen molar-refractivity contribution < 1.29 is 29.6 Å². The maximum Gasteiger partial charge on any atom is 0.335 e. The zero-order valence-corrected chi connectivity index (χ0v) is 8.50. The van der Waals surface area contributed by atoms with Crippen LogP contribution >= 0.6 is 0 Å². The third-order valence-corrected chi connectivity index (χ3v) is 1.55. The fraction of sp³-hybridized carbons (Fsp3) is 0.875. The van der Waals surface area contributed by atoms with Gasteiger partial charge in [-0.15, -0.1) is 0 Å². The van der Waals surface area contributed by atoms with E-state index in [2.05, 4.69) is 0 Å². The fourth-order valence-electron chi connectivity index (χ4n) is 0.876. The average Bonchev–Trinajstić information content (AvgIpc) is 2.17. The lowest BCUT2D eigenvalue weighted by molar-refractivity contribution is -0.212. The molecule has 3 atom stereocenters. The van der Waals surface area contributed by atoms with Crippen molar-refractivity contribution in [3.05, 3.63) is 0 Å². The lowest BCUT2D eigenvalue weighted by Crippen LogP contribution is -2.40. The highest BCUT2D eigenvalue weighted by molar-refractivity contribution is 5.72. The second-order valence-corrected chi connectivity index (χ2v) is 2.91. The van der Waals surface area contributed by atoms with Crippen LogP contribution in [0.3, 0.4) is 0 Å². The number of aliphatic hydroxyl groups is 2. The van der Waals surface area contributed by atoms with Crippen LogP contribution in [0.1, 0.15) is 6.92 Å². The zero-order chi connectivity index (χ0) is 11.8. The minimum absolute atomic E-state index is 0.136. The number of carbonyl (C=O) groups is 1. The summed E-state index contributed by atoms with van der Waals surface area (Å²) < 4.78 is 9.75. The number of rotatable bonds is 8. The van der Waals surface area contributed by atoms with E-state index in [9.17, 15) is 4.79 Å². The molecule has 0 aromatic heterocycles. The quantitative estimate of drug-likeness (QED) is 0.355. The van der Waals surface area contributed by atoms with Crippen LogP contribution in [0.25, 0.3) is 0 Å². The summed E-state index contributed by atoms with van der Waals surface area (Å²) in [6.45, 7) is 1.14. The Balaban J connectivity index is 4.16. The van der Waals surface area contributed by atoms with Gasteiger partial charge in [0.05, 0.1) is 19.3 Å². The standard InChI is InChI=1S/C8H17NO6/c1-5(11)7(8(12)13)15-6(4-10)14-3-2-9/h5-7,10-11H,2-4,9H2,1H3,(H,12,13)/t5?,6-,7?/m1/s1. The van der Waals surface area contributed by atoms with Gasteiger partial charge in [0.1, 0.15) is 0 Å². The number of hydrogen-bond donors (Lipinski definition) is 4. The number of aliphatic carboxylic acids is 1. The number of ether oxygens (including phenoxy) is 2. The lowest BCUT2D eigenvalue weighted by Gasteiger charge is -2.22. The molecular formula is C8H17NO6. The highest BCUT2D eigenvalue weighted by atomic mass is 16.7. The van der Waals surface area contributed by atoms with Gasteiger partial charge in [0, 0.05) is 6.54 Å². The van der Waals surface area contributed by atoms with Gasteiger partial charge >= 0.3 is 5.97 Å². The zero-order valence-electron chi connectivity index (χ0n) is 8.50. The molecule has 2 unspecified atom stereocenters. The van der Waals surface area contributed by atoms with Crippen LogP contribution in [0.4, 0.5) is 0 Å². The molecular weight excluding hydrogens is 206 g/mol. The van der Waals surface area contributed by atoms with E-state index in [0.29, 0.717) is 0 Å². The van der Waals surface area contributed by atoms with Gasteiger partial charge in [-0.25, -0.2) is 4.79 Å². The fourth-order valence-corrected chi connectivity index (χ4v) is 0.876. The van der Waals surface area contributed by atoms with E-state index in [1.165, 1.54) is 6.92 Å². The highest BCUT2D eigenvalue weighted by Crippen LogP contribution is 2.05. The Morgan fingerprint density at radius 3 is 2.47 bits per heavy atom. The monoisotopic (exact) mass is 223 g/mol. The molecule has 15 heavy (non-hydrogen) atoms. The van der Waals surface area contributed by atoms with E-state index < -0.39 is 31.1 Å². The largest absolute Gasteiger partial charge is 0.479 e. The number of hydrogen-bond acceptors (Lipinski definition) is 6. The van der Waals surface area contributed by atoms with Crippen molar-refractivity contribution in [2.75, 3.05) is 19.8 Å². The molecule has 90 valence electrons. The van der Waals surface area contributed by atoms with Gasteiger partial charge in [0.25, 0.3) is 0 Å². The number of carboxylic acids is 1. The maximum atomic E-state index is 10.6. The summed E-state index contributed by atoms with van der Waals surface area (Å²) in [4.78, 5) is 10.6. The van der Waals surface area contributed by atoms with Crippen LogP contribution in [-0.2, 0) is 14.3 Å². The Morgan fingerprint density at radius 1 is 1.53 bits per heavy atom. The molecule has 0 aliphatic carbocycles. The van der Waals surface area contributed by atoms with E-state index >= 15 is 0 Å². The average molecular weight is 223 g/mol. The van der Waals surface area contributed by atoms with Crippen LogP contribution in [-0.4, -0.2) is 59.5 Å². The van der Waals surface area contributed by atoms with E-state index in [1.54, 1.807) is 0 Å². The summed E-state index contributed by atoms with van der Waals surface area (Å²) in [6.07, 6.45) is -3.72. The van der Waals surface area contributed by atoms with Crippen molar-refractivity contribution >= 4 is 5.97 Å². The molecule has 0 aliphatic heterocycles. The molecule has 0 bridgehead atoms. The molecule has 0 fully saturated rings. The topological polar surface area (TPSA) is 122 Å². The van der Waals surface area contributed by atoms with Crippen LogP contribution in [0, 0.1) is 0 Å². The summed E-state index contributed by atoms with van der Waals surface area (Å²) in [7, 11) is 0. The SMILES string of the molecule is CC(O)C(O[C@H](CO)OCCN)C(=O)O. The molecule has 0 heterocycles. The third-order valence-electron chi connectivity index (χ3n) is 1.55. The van der Waals surface area contributed by atoms with Gasteiger partial charge in [-0.2, -0.15) is 0 Å². The van der Waals surface area contributed by atoms with Crippen molar-refractivity contribution in [2.45, 2.75) is 25.4 Å². The van der Waals surface area contributed by atoms with Gasteiger partial charge in [-0.3, -0.25) is 0 Å². The van der Waals surface area contributed by atoms with Gasteiger partial charge in [-0.05, 0) is 6.92 Å². The van der Waals surface area contributed by atoms with E-state index in [0.717, 1.165) is 0 Å². The summed E-state index contributed by atoms with van der Waals surface area (Å²) in [5.41, 5.74) is 5.15. The molecule has 0 aromatic rings. The van der Waals surface area contributed by atoms with Gasteiger partial charge < -0.3 is 30.5 Å². The van der Waals surface area contributed by atoms with Crippen molar-refractivity contribution in [1.29, 1.82) is 0 Å². The second kappa shape index (κ2) is 7.55. The van der Waals surface area contributed by atoms with Gasteiger partial charge in [0.2, 0.25) is 0 Å². The van der Waals surface area contributed by atoms with Crippen molar-refractivity contribution in [2.24, 2.45) is 5.73 Å². The lowest BCUT2D eigenvalue weighted by atomic mass is 10.2. The summed E-state index contributed by atoms with van der Waals surface area (Å²) in [5, 5.41) is 26.6. The molecule has 0 saturated heterocycles. The normalized spacial score (nSPS) is 17.1. The Hall–Kier alpha value is -0.730. The molecule has 5 N–H and O–H groups in total. The molecule has 7 heteroatoms. The molecule has 0 radical (unpaired) electrons. The van der Waals surface area contributed by atoms with Gasteiger partial charge in [0.15, 0.2) is 12.4 Å². The first-order chi connectivity index (χ1) is 7.02. The smallest absolute Gasteiger partial charge is 0.335 e. The van der Waals surface area contributed by atoms with E-state index in [1.807, 2.05) is 0 Å². The second-order valence-electron chi connectivity index (χ2n) is 2.91. The minimum atomic E-state index is -1.43. The summed E-state index contributed by atoms with van der Waals surface area (Å²) >= 11 is 0.